The number of aromatic nitrogens is 2. The molecule has 0 bridgehead atoms. The number of rotatable bonds is 7. The highest BCUT2D eigenvalue weighted by Crippen LogP contribution is 2.39. The van der Waals surface area contributed by atoms with Crippen LogP contribution in [0.5, 0.6) is 17.2 Å². The number of hydrogen-bond donors (Lipinski definition) is 1. The maximum atomic E-state index is 12.9. The minimum atomic E-state index is -0.0977. The van der Waals surface area contributed by atoms with Gasteiger partial charge in [0.15, 0.2) is 0 Å². The van der Waals surface area contributed by atoms with Gasteiger partial charge in [0.25, 0.3) is 5.56 Å². The smallest absolute Gasteiger partial charge is 0.268 e. The number of methoxy groups -OCH3 is 3. The number of aromatic amines is 1. The van der Waals surface area contributed by atoms with Crippen molar-refractivity contribution in [1.82, 2.24) is 14.9 Å². The fourth-order valence-corrected chi connectivity index (χ4v) is 5.62. The van der Waals surface area contributed by atoms with Gasteiger partial charge >= 0.3 is 0 Å². The second-order valence-corrected chi connectivity index (χ2v) is 9.35. The van der Waals surface area contributed by atoms with Crippen LogP contribution in [0, 0.1) is 0 Å². The number of nitrogens with zero attached hydrogens (tertiary/aromatic N) is 2. The van der Waals surface area contributed by atoms with E-state index in [-0.39, 0.29) is 11.6 Å². The van der Waals surface area contributed by atoms with Crippen molar-refractivity contribution in [2.75, 3.05) is 27.9 Å². The third kappa shape index (κ3) is 4.26. The molecular weight excluding hydrogens is 450 g/mol. The van der Waals surface area contributed by atoms with Gasteiger partial charge in [-0.15, -0.1) is 11.3 Å². The van der Waals surface area contributed by atoms with E-state index in [9.17, 15) is 4.79 Å². The Labute approximate surface area is 201 Å². The van der Waals surface area contributed by atoms with Crippen LogP contribution in [0.25, 0.3) is 20.7 Å². The highest BCUT2D eigenvalue weighted by Gasteiger charge is 2.29. The summed E-state index contributed by atoms with van der Waals surface area (Å²) in [7, 11) is 5.01. The second kappa shape index (κ2) is 9.48. The summed E-state index contributed by atoms with van der Waals surface area (Å²) in [6.07, 6.45) is 2.08. The van der Waals surface area contributed by atoms with Gasteiger partial charge in [-0.25, -0.2) is 4.98 Å². The SMILES string of the molecule is COc1ccc(-c2cc3nc(CN4CCCC4c4cc(OC)ccc4OC)[nH]c(=O)c3s2)cc1. The molecule has 2 aromatic heterocycles. The molecule has 0 aliphatic carbocycles. The molecule has 0 saturated carbocycles. The van der Waals surface area contributed by atoms with Gasteiger partial charge in [-0.05, 0) is 73.5 Å². The maximum absolute atomic E-state index is 12.9. The first kappa shape index (κ1) is 22.4. The summed E-state index contributed by atoms with van der Waals surface area (Å²) in [4.78, 5) is 24.1. The summed E-state index contributed by atoms with van der Waals surface area (Å²) in [5, 5.41) is 0. The fourth-order valence-electron chi connectivity index (χ4n) is 4.62. The molecule has 1 unspecified atom stereocenters. The van der Waals surface area contributed by atoms with Crippen molar-refractivity contribution in [2.45, 2.75) is 25.4 Å². The number of fused-ring (bicyclic) bond motifs is 1. The topological polar surface area (TPSA) is 76.7 Å². The van der Waals surface area contributed by atoms with Gasteiger partial charge in [0, 0.05) is 16.5 Å². The van der Waals surface area contributed by atoms with E-state index >= 15 is 0 Å². The number of hydrogen-bond acceptors (Lipinski definition) is 7. The summed E-state index contributed by atoms with van der Waals surface area (Å²) < 4.78 is 17.0. The summed E-state index contributed by atoms with van der Waals surface area (Å²) in [5.41, 5.74) is 2.76. The van der Waals surface area contributed by atoms with Crippen molar-refractivity contribution >= 4 is 21.6 Å². The number of thiophene rings is 1. The number of H-pyrrole nitrogens is 1. The van der Waals surface area contributed by atoms with Gasteiger partial charge in [-0.1, -0.05) is 0 Å². The molecule has 3 heterocycles. The number of likely N-dealkylation sites (tertiary alicyclic amines) is 1. The molecule has 1 saturated heterocycles. The zero-order valence-corrected chi connectivity index (χ0v) is 20.3. The normalized spacial score (nSPS) is 16.1. The van der Waals surface area contributed by atoms with Crippen LogP contribution in [0.3, 0.4) is 0 Å². The molecular formula is C26H27N3O4S. The third-order valence-electron chi connectivity index (χ3n) is 6.32. The van der Waals surface area contributed by atoms with Gasteiger partial charge in [-0.3, -0.25) is 9.69 Å². The number of ether oxygens (including phenoxy) is 3. The van der Waals surface area contributed by atoms with Gasteiger partial charge < -0.3 is 19.2 Å². The van der Waals surface area contributed by atoms with Crippen molar-refractivity contribution in [3.8, 4) is 27.7 Å². The van der Waals surface area contributed by atoms with Crippen LogP contribution < -0.4 is 19.8 Å². The molecule has 1 fully saturated rings. The van der Waals surface area contributed by atoms with E-state index in [0.717, 1.165) is 58.2 Å². The molecule has 1 aliphatic rings. The van der Waals surface area contributed by atoms with Crippen LogP contribution in [0.1, 0.15) is 30.3 Å². The van der Waals surface area contributed by atoms with Crippen molar-refractivity contribution in [3.05, 3.63) is 70.3 Å². The van der Waals surface area contributed by atoms with Gasteiger partial charge in [0.2, 0.25) is 0 Å². The van der Waals surface area contributed by atoms with E-state index in [2.05, 4.69) is 9.88 Å². The minimum Gasteiger partial charge on any atom is -0.497 e. The molecule has 176 valence electrons. The van der Waals surface area contributed by atoms with Gasteiger partial charge in [0.1, 0.15) is 27.8 Å². The minimum absolute atomic E-state index is 0.0977. The number of benzene rings is 2. The molecule has 1 atom stereocenters. The lowest BCUT2D eigenvalue weighted by atomic mass is 10.0. The first-order valence-corrected chi connectivity index (χ1v) is 12.0. The molecule has 34 heavy (non-hydrogen) atoms. The van der Waals surface area contributed by atoms with Crippen LogP contribution in [0.4, 0.5) is 0 Å². The predicted octanol–water partition coefficient (Wildman–Crippen LogP) is 5.01. The van der Waals surface area contributed by atoms with Crippen molar-refractivity contribution < 1.29 is 14.2 Å². The zero-order valence-electron chi connectivity index (χ0n) is 19.5. The van der Waals surface area contributed by atoms with Crippen molar-refractivity contribution in [2.24, 2.45) is 0 Å². The summed E-state index contributed by atoms with van der Waals surface area (Å²) in [5.74, 6) is 3.12. The maximum Gasteiger partial charge on any atom is 0.268 e. The first-order valence-electron chi connectivity index (χ1n) is 11.2. The van der Waals surface area contributed by atoms with E-state index in [1.807, 2.05) is 48.5 Å². The largest absolute Gasteiger partial charge is 0.497 e. The average Bonchev–Trinajstić information content (AvgIpc) is 3.51. The van der Waals surface area contributed by atoms with Crippen molar-refractivity contribution in [1.29, 1.82) is 0 Å². The second-order valence-electron chi connectivity index (χ2n) is 8.30. The first-order chi connectivity index (χ1) is 16.6. The Morgan fingerprint density at radius 2 is 1.79 bits per heavy atom. The Morgan fingerprint density at radius 3 is 2.53 bits per heavy atom. The molecule has 7 nitrogen and oxygen atoms in total. The molecule has 0 radical (unpaired) electrons. The standard InChI is InChI=1S/C26H27N3O4S/c1-31-17-8-6-16(7-9-17)23-14-20-25(34-23)26(30)28-24(27-20)15-29-12-4-5-21(29)19-13-18(32-2)10-11-22(19)33-3/h6-11,13-14,21H,4-5,12,15H2,1-3H3,(H,27,28,30). The Kier molecular flexibility index (Phi) is 6.26. The van der Waals surface area contributed by atoms with Gasteiger partial charge in [-0.2, -0.15) is 0 Å². The summed E-state index contributed by atoms with van der Waals surface area (Å²) >= 11 is 1.46. The average molecular weight is 478 g/mol. The van der Waals surface area contributed by atoms with Crippen LogP contribution in [-0.4, -0.2) is 42.7 Å². The van der Waals surface area contributed by atoms with Crippen LogP contribution in [0.2, 0.25) is 0 Å². The molecule has 0 spiro atoms. The van der Waals surface area contributed by atoms with Crippen LogP contribution in [0.15, 0.2) is 53.3 Å². The van der Waals surface area contributed by atoms with E-state index in [1.165, 1.54) is 11.3 Å². The molecule has 8 heteroatoms. The Bertz CT molecular complexity index is 1360. The monoisotopic (exact) mass is 477 g/mol. The summed E-state index contributed by atoms with van der Waals surface area (Å²) in [6, 6.07) is 15.9. The lowest BCUT2D eigenvalue weighted by Crippen LogP contribution is -2.25. The molecule has 0 amide bonds. The van der Waals surface area contributed by atoms with E-state index in [4.69, 9.17) is 19.2 Å². The van der Waals surface area contributed by atoms with Crippen LogP contribution in [-0.2, 0) is 6.54 Å². The van der Waals surface area contributed by atoms with Gasteiger partial charge in [0.05, 0.1) is 33.4 Å². The van der Waals surface area contributed by atoms with E-state index < -0.39 is 0 Å². The van der Waals surface area contributed by atoms with E-state index in [0.29, 0.717) is 17.1 Å². The lowest BCUT2D eigenvalue weighted by molar-refractivity contribution is 0.236. The fraction of sp³-hybridized carbons (Fsp3) is 0.308. The van der Waals surface area contributed by atoms with E-state index in [1.54, 1.807) is 21.3 Å². The molecule has 4 aromatic rings. The Morgan fingerprint density at radius 1 is 1.03 bits per heavy atom. The highest BCUT2D eigenvalue weighted by molar-refractivity contribution is 7.22. The third-order valence-corrected chi connectivity index (χ3v) is 7.49. The molecule has 5 rings (SSSR count). The predicted molar refractivity (Wildman–Crippen MR) is 134 cm³/mol. The molecule has 2 aromatic carbocycles. The highest BCUT2D eigenvalue weighted by atomic mass is 32.1. The zero-order chi connectivity index (χ0) is 23.7. The lowest BCUT2D eigenvalue weighted by Gasteiger charge is -2.26. The molecule has 1 aliphatic heterocycles. The number of nitrogens with one attached hydrogen (secondary N) is 1. The van der Waals surface area contributed by atoms with Crippen molar-refractivity contribution in [3.63, 3.8) is 0 Å². The Balaban J connectivity index is 1.44. The summed E-state index contributed by atoms with van der Waals surface area (Å²) in [6.45, 7) is 1.48. The van der Waals surface area contributed by atoms with Crippen LogP contribution >= 0.6 is 11.3 Å². The quantitative estimate of drug-likeness (QED) is 0.403. The Hall–Kier alpha value is -3.36. The molecule has 1 N–H and O–H groups in total.